The summed E-state index contributed by atoms with van der Waals surface area (Å²) in [6, 6.07) is 9.97. The molecule has 0 spiro atoms. The van der Waals surface area contributed by atoms with E-state index in [0.29, 0.717) is 22.2 Å². The molecule has 0 aliphatic carbocycles. The molecule has 102 valence electrons. The Bertz CT molecular complexity index is 757. The highest BCUT2D eigenvalue weighted by atomic mass is 19.1. The van der Waals surface area contributed by atoms with Gasteiger partial charge in [-0.25, -0.2) is 4.39 Å². The molecule has 0 bridgehead atoms. The number of hydrogen-bond acceptors (Lipinski definition) is 5. The number of aliphatic hydroxyl groups is 1. The van der Waals surface area contributed by atoms with Crippen molar-refractivity contribution >= 4 is 10.8 Å². The fraction of sp³-hybridized carbons (Fsp3) is 0.143. The van der Waals surface area contributed by atoms with Crippen LogP contribution in [-0.4, -0.2) is 21.8 Å². The molecule has 3 N–H and O–H groups in total. The molecule has 0 saturated heterocycles. The summed E-state index contributed by atoms with van der Waals surface area (Å²) in [7, 11) is 0. The standard InChI is InChI=1S/C14H12FN3O2/c15-11-6-5-10(8-3-1-2-4-9(8)11)13-17-14(20-18-13)12(19)7-16/h1-6,12,19H,7,16H2. The van der Waals surface area contributed by atoms with Crippen LogP contribution in [0.3, 0.4) is 0 Å². The first-order valence-corrected chi connectivity index (χ1v) is 6.10. The summed E-state index contributed by atoms with van der Waals surface area (Å²) in [5.41, 5.74) is 5.98. The first kappa shape index (κ1) is 12.7. The number of hydrogen-bond donors (Lipinski definition) is 2. The molecule has 0 radical (unpaired) electrons. The summed E-state index contributed by atoms with van der Waals surface area (Å²) in [6.45, 7) is -0.00814. The summed E-state index contributed by atoms with van der Waals surface area (Å²) in [6.07, 6.45) is -0.997. The van der Waals surface area contributed by atoms with Gasteiger partial charge >= 0.3 is 0 Å². The van der Waals surface area contributed by atoms with Crippen LogP contribution < -0.4 is 5.73 Å². The Labute approximate surface area is 113 Å². The molecule has 2 aromatic carbocycles. The van der Waals surface area contributed by atoms with Gasteiger partial charge in [0.05, 0.1) is 0 Å². The molecule has 0 amide bonds. The molecule has 5 nitrogen and oxygen atoms in total. The van der Waals surface area contributed by atoms with Crippen LogP contribution in [0.1, 0.15) is 12.0 Å². The normalized spacial score (nSPS) is 12.8. The molecule has 0 aliphatic heterocycles. The van der Waals surface area contributed by atoms with Crippen molar-refractivity contribution in [1.82, 2.24) is 10.1 Å². The largest absolute Gasteiger partial charge is 0.382 e. The molecule has 0 saturated carbocycles. The second kappa shape index (κ2) is 4.99. The van der Waals surface area contributed by atoms with Gasteiger partial charge < -0.3 is 15.4 Å². The van der Waals surface area contributed by atoms with Crippen LogP contribution in [0.4, 0.5) is 4.39 Å². The van der Waals surface area contributed by atoms with Crippen LogP contribution in [0.2, 0.25) is 0 Å². The van der Waals surface area contributed by atoms with Gasteiger partial charge in [-0.2, -0.15) is 4.98 Å². The lowest BCUT2D eigenvalue weighted by atomic mass is 10.0. The molecule has 0 fully saturated rings. The summed E-state index contributed by atoms with van der Waals surface area (Å²) in [5.74, 6) is 0.0367. The van der Waals surface area contributed by atoms with Gasteiger partial charge in [0, 0.05) is 17.5 Å². The van der Waals surface area contributed by atoms with Crippen molar-refractivity contribution in [2.24, 2.45) is 5.73 Å². The molecule has 1 heterocycles. The predicted octanol–water partition coefficient (Wildman–Crippen LogP) is 2.02. The molecule has 1 unspecified atom stereocenters. The van der Waals surface area contributed by atoms with Crippen LogP contribution in [0.5, 0.6) is 0 Å². The van der Waals surface area contributed by atoms with Crippen molar-refractivity contribution < 1.29 is 14.0 Å². The van der Waals surface area contributed by atoms with Gasteiger partial charge in [-0.15, -0.1) is 0 Å². The van der Waals surface area contributed by atoms with Gasteiger partial charge in [-0.05, 0) is 17.5 Å². The van der Waals surface area contributed by atoms with E-state index >= 15 is 0 Å². The quantitative estimate of drug-likeness (QED) is 0.762. The van der Waals surface area contributed by atoms with Crippen LogP contribution in [0.15, 0.2) is 40.9 Å². The van der Waals surface area contributed by atoms with Gasteiger partial charge in [-0.1, -0.05) is 29.4 Å². The molecule has 6 heteroatoms. The highest BCUT2D eigenvalue weighted by Crippen LogP contribution is 2.29. The third-order valence-corrected chi connectivity index (χ3v) is 3.06. The second-order valence-corrected chi connectivity index (χ2v) is 4.35. The fourth-order valence-corrected chi connectivity index (χ4v) is 2.04. The molecule has 1 aromatic heterocycles. The number of aliphatic hydroxyl groups excluding tert-OH is 1. The van der Waals surface area contributed by atoms with E-state index in [-0.39, 0.29) is 18.3 Å². The summed E-state index contributed by atoms with van der Waals surface area (Å²) in [5, 5.41) is 14.5. The zero-order chi connectivity index (χ0) is 14.1. The molecule has 0 aliphatic rings. The zero-order valence-electron chi connectivity index (χ0n) is 10.5. The van der Waals surface area contributed by atoms with Crippen molar-refractivity contribution in [3.05, 3.63) is 48.1 Å². The number of rotatable bonds is 3. The maximum absolute atomic E-state index is 13.7. The molecular weight excluding hydrogens is 261 g/mol. The zero-order valence-corrected chi connectivity index (χ0v) is 10.5. The number of nitrogens with zero attached hydrogens (tertiary/aromatic N) is 2. The van der Waals surface area contributed by atoms with Crippen LogP contribution >= 0.6 is 0 Å². The third kappa shape index (κ3) is 2.04. The van der Waals surface area contributed by atoms with Crippen molar-refractivity contribution in [2.75, 3.05) is 6.54 Å². The van der Waals surface area contributed by atoms with E-state index in [1.165, 1.54) is 6.07 Å². The monoisotopic (exact) mass is 273 g/mol. The smallest absolute Gasteiger partial charge is 0.257 e. The number of fused-ring (bicyclic) bond motifs is 1. The maximum Gasteiger partial charge on any atom is 0.257 e. The Balaban J connectivity index is 2.15. The van der Waals surface area contributed by atoms with E-state index in [4.69, 9.17) is 10.3 Å². The Hall–Kier alpha value is -2.31. The Kier molecular flexibility index (Phi) is 3.17. The fourth-order valence-electron chi connectivity index (χ4n) is 2.04. The van der Waals surface area contributed by atoms with Crippen LogP contribution in [-0.2, 0) is 0 Å². The minimum atomic E-state index is -0.997. The summed E-state index contributed by atoms with van der Waals surface area (Å²) >= 11 is 0. The predicted molar refractivity (Wildman–Crippen MR) is 71.2 cm³/mol. The lowest BCUT2D eigenvalue weighted by Crippen LogP contribution is -2.11. The van der Waals surface area contributed by atoms with Crippen molar-refractivity contribution in [3.63, 3.8) is 0 Å². The summed E-state index contributed by atoms with van der Waals surface area (Å²) in [4.78, 5) is 4.10. The number of halogens is 1. The van der Waals surface area contributed by atoms with Gasteiger partial charge in [0.1, 0.15) is 11.9 Å². The van der Waals surface area contributed by atoms with E-state index in [0.717, 1.165) is 0 Å². The van der Waals surface area contributed by atoms with E-state index in [1.54, 1.807) is 30.3 Å². The first-order chi connectivity index (χ1) is 9.70. The van der Waals surface area contributed by atoms with Gasteiger partial charge in [0.2, 0.25) is 5.82 Å². The van der Waals surface area contributed by atoms with Gasteiger partial charge in [0.25, 0.3) is 5.89 Å². The van der Waals surface area contributed by atoms with E-state index < -0.39 is 6.10 Å². The Morgan fingerprint density at radius 2 is 1.95 bits per heavy atom. The van der Waals surface area contributed by atoms with Gasteiger partial charge in [0.15, 0.2) is 0 Å². The lowest BCUT2D eigenvalue weighted by molar-refractivity contribution is 0.141. The molecule has 1 atom stereocenters. The highest BCUT2D eigenvalue weighted by Gasteiger charge is 2.17. The van der Waals surface area contributed by atoms with E-state index in [1.807, 2.05) is 0 Å². The Morgan fingerprint density at radius 3 is 2.70 bits per heavy atom. The average Bonchev–Trinajstić information content (AvgIpc) is 2.97. The molecule has 3 aromatic rings. The Morgan fingerprint density at radius 1 is 1.20 bits per heavy atom. The average molecular weight is 273 g/mol. The molecule has 3 rings (SSSR count). The van der Waals surface area contributed by atoms with E-state index in [9.17, 15) is 9.50 Å². The minimum Gasteiger partial charge on any atom is -0.382 e. The number of aromatic nitrogens is 2. The maximum atomic E-state index is 13.7. The highest BCUT2D eigenvalue weighted by molar-refractivity contribution is 5.95. The van der Waals surface area contributed by atoms with Crippen LogP contribution in [0.25, 0.3) is 22.2 Å². The minimum absolute atomic E-state index is 0.00814. The number of benzene rings is 2. The molecule has 20 heavy (non-hydrogen) atoms. The third-order valence-electron chi connectivity index (χ3n) is 3.06. The lowest BCUT2D eigenvalue weighted by Gasteiger charge is -2.03. The van der Waals surface area contributed by atoms with E-state index in [2.05, 4.69) is 10.1 Å². The van der Waals surface area contributed by atoms with Crippen molar-refractivity contribution in [3.8, 4) is 11.4 Å². The SMILES string of the molecule is NCC(O)c1nc(-c2ccc(F)c3ccccc23)no1. The summed E-state index contributed by atoms with van der Waals surface area (Å²) < 4.78 is 18.7. The molecular formula is C14H12FN3O2. The number of nitrogens with two attached hydrogens (primary N) is 1. The van der Waals surface area contributed by atoms with Crippen LogP contribution in [0, 0.1) is 5.82 Å². The topological polar surface area (TPSA) is 85.2 Å². The van der Waals surface area contributed by atoms with Gasteiger partial charge in [-0.3, -0.25) is 0 Å². The van der Waals surface area contributed by atoms with Crippen molar-refractivity contribution in [1.29, 1.82) is 0 Å². The van der Waals surface area contributed by atoms with Crippen molar-refractivity contribution in [2.45, 2.75) is 6.10 Å². The first-order valence-electron chi connectivity index (χ1n) is 6.10. The second-order valence-electron chi connectivity index (χ2n) is 4.35.